The second kappa shape index (κ2) is 6.78. The van der Waals surface area contributed by atoms with E-state index in [9.17, 15) is 4.79 Å². The van der Waals surface area contributed by atoms with Crippen LogP contribution in [0.25, 0.3) is 10.9 Å². The number of fused-ring (bicyclic) bond motifs is 1. The van der Waals surface area contributed by atoms with Gasteiger partial charge in [0.1, 0.15) is 0 Å². The van der Waals surface area contributed by atoms with Gasteiger partial charge in [0.05, 0.1) is 17.9 Å². The Kier molecular flexibility index (Phi) is 5.05. The molecule has 1 aromatic carbocycles. The van der Waals surface area contributed by atoms with Crippen molar-refractivity contribution < 1.29 is 9.53 Å². The van der Waals surface area contributed by atoms with Gasteiger partial charge in [0.2, 0.25) is 0 Å². The zero-order chi connectivity index (χ0) is 13.7. The molecule has 0 saturated heterocycles. The second-order valence-electron chi connectivity index (χ2n) is 3.90. The zero-order valence-electron chi connectivity index (χ0n) is 10.6. The van der Waals surface area contributed by atoms with Crippen molar-refractivity contribution in [2.75, 3.05) is 12.4 Å². The van der Waals surface area contributed by atoms with Crippen molar-refractivity contribution in [2.24, 2.45) is 0 Å². The van der Waals surface area contributed by atoms with Gasteiger partial charge in [-0.05, 0) is 30.7 Å². The van der Waals surface area contributed by atoms with Crippen LogP contribution >= 0.6 is 23.4 Å². The van der Waals surface area contributed by atoms with Crippen LogP contribution in [0.3, 0.4) is 0 Å². The fourth-order valence-electron chi connectivity index (χ4n) is 1.76. The number of aromatic nitrogens is 1. The van der Waals surface area contributed by atoms with Crippen LogP contribution in [0.4, 0.5) is 0 Å². The van der Waals surface area contributed by atoms with Gasteiger partial charge in [-0.25, -0.2) is 0 Å². The third-order valence-electron chi connectivity index (χ3n) is 2.58. The number of rotatable bonds is 5. The summed E-state index contributed by atoms with van der Waals surface area (Å²) in [4.78, 5) is 15.6. The van der Waals surface area contributed by atoms with Gasteiger partial charge >= 0.3 is 5.97 Å². The maximum absolute atomic E-state index is 11.3. The molecule has 19 heavy (non-hydrogen) atoms. The first-order chi connectivity index (χ1) is 9.22. The van der Waals surface area contributed by atoms with Gasteiger partial charge in [-0.3, -0.25) is 9.78 Å². The van der Waals surface area contributed by atoms with Crippen molar-refractivity contribution in [3.63, 3.8) is 0 Å². The predicted molar refractivity (Wildman–Crippen MR) is 79.5 cm³/mol. The molecule has 0 aliphatic heterocycles. The van der Waals surface area contributed by atoms with Crippen molar-refractivity contribution in [2.45, 2.75) is 12.7 Å². The number of pyridine rings is 1. The van der Waals surface area contributed by atoms with E-state index >= 15 is 0 Å². The summed E-state index contributed by atoms with van der Waals surface area (Å²) in [5, 5.41) is 1.64. The molecule has 0 saturated carbocycles. The Bertz CT molecular complexity index is 589. The molecule has 100 valence electrons. The summed E-state index contributed by atoms with van der Waals surface area (Å²) in [6.45, 7) is 2.23. The Balaban J connectivity index is 2.09. The Morgan fingerprint density at radius 2 is 2.26 bits per heavy atom. The number of carbonyl (C=O) groups is 1. The minimum absolute atomic E-state index is 0.182. The van der Waals surface area contributed by atoms with Gasteiger partial charge in [-0.2, -0.15) is 0 Å². The first kappa shape index (κ1) is 14.2. The lowest BCUT2D eigenvalue weighted by Crippen LogP contribution is -2.06. The van der Waals surface area contributed by atoms with E-state index in [2.05, 4.69) is 4.98 Å². The number of carbonyl (C=O) groups excluding carboxylic acids is 1. The molecule has 0 N–H and O–H groups in total. The lowest BCUT2D eigenvalue weighted by Gasteiger charge is -2.07. The third kappa shape index (κ3) is 3.61. The number of benzene rings is 1. The van der Waals surface area contributed by atoms with Crippen molar-refractivity contribution in [3.05, 3.63) is 41.0 Å². The first-order valence-corrected chi connectivity index (χ1v) is 7.51. The van der Waals surface area contributed by atoms with Gasteiger partial charge in [0.25, 0.3) is 0 Å². The van der Waals surface area contributed by atoms with E-state index < -0.39 is 0 Å². The topological polar surface area (TPSA) is 39.2 Å². The van der Waals surface area contributed by atoms with Crippen molar-refractivity contribution in [1.82, 2.24) is 4.98 Å². The molecule has 0 fully saturated rings. The summed E-state index contributed by atoms with van der Waals surface area (Å²) in [6, 6.07) is 7.63. The van der Waals surface area contributed by atoms with Gasteiger partial charge in [-0.1, -0.05) is 17.7 Å². The van der Waals surface area contributed by atoms with E-state index in [1.54, 1.807) is 13.1 Å². The highest BCUT2D eigenvalue weighted by Gasteiger charge is 2.07. The Morgan fingerprint density at radius 3 is 3.05 bits per heavy atom. The maximum atomic E-state index is 11.3. The molecule has 0 amide bonds. The lowest BCUT2D eigenvalue weighted by atomic mass is 10.1. The molecule has 0 bridgehead atoms. The fourth-order valence-corrected chi connectivity index (χ4v) is 2.78. The molecule has 0 aliphatic rings. The van der Waals surface area contributed by atoms with E-state index in [4.69, 9.17) is 16.3 Å². The summed E-state index contributed by atoms with van der Waals surface area (Å²) in [7, 11) is 0. The van der Waals surface area contributed by atoms with Gasteiger partial charge in [-0.15, -0.1) is 11.8 Å². The maximum Gasteiger partial charge on any atom is 0.315 e. The van der Waals surface area contributed by atoms with E-state index in [1.807, 2.05) is 24.3 Å². The van der Waals surface area contributed by atoms with Crippen molar-refractivity contribution >= 4 is 40.2 Å². The van der Waals surface area contributed by atoms with Crippen molar-refractivity contribution in [3.8, 4) is 0 Å². The normalized spacial score (nSPS) is 10.6. The largest absolute Gasteiger partial charge is 0.465 e. The summed E-state index contributed by atoms with van der Waals surface area (Å²) in [6.07, 6.45) is 1.75. The lowest BCUT2D eigenvalue weighted by molar-refractivity contribution is -0.139. The molecule has 3 nitrogen and oxygen atoms in total. The summed E-state index contributed by atoms with van der Waals surface area (Å²) in [5.41, 5.74) is 1.97. The molecule has 1 heterocycles. The molecule has 0 unspecified atom stereocenters. The van der Waals surface area contributed by atoms with Crippen LogP contribution < -0.4 is 0 Å². The molecule has 0 radical (unpaired) electrons. The number of hydrogen-bond acceptors (Lipinski definition) is 4. The smallest absolute Gasteiger partial charge is 0.315 e. The number of hydrogen-bond donors (Lipinski definition) is 0. The van der Waals surface area contributed by atoms with Crippen LogP contribution in [0.15, 0.2) is 30.5 Å². The second-order valence-corrected chi connectivity index (χ2v) is 5.30. The van der Waals surface area contributed by atoms with Gasteiger partial charge < -0.3 is 4.74 Å². The highest BCUT2D eigenvalue weighted by Crippen LogP contribution is 2.27. The molecule has 0 spiro atoms. The van der Waals surface area contributed by atoms with E-state index in [0.29, 0.717) is 23.1 Å². The van der Waals surface area contributed by atoms with Crippen LogP contribution in [0, 0.1) is 0 Å². The molecule has 5 heteroatoms. The van der Waals surface area contributed by atoms with E-state index in [1.165, 1.54) is 11.8 Å². The van der Waals surface area contributed by atoms with Crippen LogP contribution in [-0.4, -0.2) is 23.3 Å². The Morgan fingerprint density at radius 1 is 1.42 bits per heavy atom. The highest BCUT2D eigenvalue weighted by molar-refractivity contribution is 7.99. The summed E-state index contributed by atoms with van der Waals surface area (Å²) < 4.78 is 4.89. The molecule has 2 rings (SSSR count). The first-order valence-electron chi connectivity index (χ1n) is 5.98. The highest BCUT2D eigenvalue weighted by atomic mass is 35.5. The number of halogens is 1. The Hall–Kier alpha value is -1.26. The standard InChI is InChI=1S/C14H14ClNO2S/c1-2-18-13(17)9-19-8-10-5-6-12(15)11-4-3-7-16-14(10)11/h3-7H,2,8-9H2,1H3. The van der Waals surface area contributed by atoms with Crippen LogP contribution in [-0.2, 0) is 15.3 Å². The molecule has 1 aromatic heterocycles. The molecular weight excluding hydrogens is 282 g/mol. The fraction of sp³-hybridized carbons (Fsp3) is 0.286. The van der Waals surface area contributed by atoms with Gasteiger partial charge in [0, 0.05) is 22.4 Å². The Labute approximate surface area is 121 Å². The monoisotopic (exact) mass is 295 g/mol. The molecular formula is C14H14ClNO2S. The average molecular weight is 296 g/mol. The van der Waals surface area contributed by atoms with Crippen molar-refractivity contribution in [1.29, 1.82) is 0 Å². The molecule has 2 aromatic rings. The third-order valence-corrected chi connectivity index (χ3v) is 3.87. The van der Waals surface area contributed by atoms with E-state index in [-0.39, 0.29) is 5.97 Å². The zero-order valence-corrected chi connectivity index (χ0v) is 12.1. The number of nitrogens with zero attached hydrogens (tertiary/aromatic N) is 1. The van der Waals surface area contributed by atoms with Crippen LogP contribution in [0.2, 0.25) is 5.02 Å². The summed E-state index contributed by atoms with van der Waals surface area (Å²) in [5.74, 6) is 0.882. The number of ether oxygens (including phenoxy) is 1. The SMILES string of the molecule is CCOC(=O)CSCc1ccc(Cl)c2cccnc12. The average Bonchev–Trinajstić information content (AvgIpc) is 2.42. The molecule has 0 aliphatic carbocycles. The summed E-state index contributed by atoms with van der Waals surface area (Å²) >= 11 is 7.65. The minimum atomic E-state index is -0.182. The van der Waals surface area contributed by atoms with Gasteiger partial charge in [0.15, 0.2) is 0 Å². The number of thioether (sulfide) groups is 1. The van der Waals surface area contributed by atoms with Crippen LogP contribution in [0.5, 0.6) is 0 Å². The molecule has 0 atom stereocenters. The number of esters is 1. The van der Waals surface area contributed by atoms with E-state index in [0.717, 1.165) is 16.5 Å². The quantitative estimate of drug-likeness (QED) is 0.789. The predicted octanol–water partition coefficient (Wildman–Crippen LogP) is 3.68. The van der Waals surface area contributed by atoms with Crippen LogP contribution in [0.1, 0.15) is 12.5 Å². The minimum Gasteiger partial charge on any atom is -0.465 e.